The molecule has 0 bridgehead atoms. The van der Waals surface area contributed by atoms with E-state index in [1.165, 1.54) is 18.3 Å². The van der Waals surface area contributed by atoms with E-state index < -0.39 is 10.0 Å². The molecule has 0 aliphatic carbocycles. The number of ether oxygens (including phenoxy) is 1. The molecule has 0 saturated heterocycles. The van der Waals surface area contributed by atoms with Gasteiger partial charge in [-0.3, -0.25) is 4.98 Å². The smallest absolute Gasteiger partial charge is 0.243 e. The maximum atomic E-state index is 12.0. The van der Waals surface area contributed by atoms with Crippen LogP contribution in [0.2, 0.25) is 5.02 Å². The first-order chi connectivity index (χ1) is 12.6. The van der Waals surface area contributed by atoms with Gasteiger partial charge in [0.15, 0.2) is 0 Å². The summed E-state index contributed by atoms with van der Waals surface area (Å²) in [6, 6.07) is 8.48. The minimum Gasteiger partial charge on any atom is -0.437 e. The van der Waals surface area contributed by atoms with Crippen molar-refractivity contribution in [1.29, 1.82) is 0 Å². The molecule has 6 nitrogen and oxygen atoms in total. The van der Waals surface area contributed by atoms with Gasteiger partial charge in [0.25, 0.3) is 0 Å². The molecule has 2 aromatic heterocycles. The zero-order chi connectivity index (χ0) is 19.8. The van der Waals surface area contributed by atoms with Crippen molar-refractivity contribution in [2.75, 3.05) is 0 Å². The average Bonchev–Trinajstić information content (AvgIpc) is 2.57. The Kier molecular flexibility index (Phi) is 5.19. The van der Waals surface area contributed by atoms with Crippen LogP contribution in [-0.4, -0.2) is 18.4 Å². The number of nitrogens with two attached hydrogens (primary N) is 1. The number of hydrogen-bond donors (Lipinski definition) is 1. The monoisotopic (exact) mass is 403 g/mol. The summed E-state index contributed by atoms with van der Waals surface area (Å²) in [5, 5.41) is 5.79. The van der Waals surface area contributed by atoms with E-state index in [0.717, 1.165) is 16.7 Å². The molecule has 3 aromatic rings. The summed E-state index contributed by atoms with van der Waals surface area (Å²) < 4.78 is 29.9. The molecule has 0 unspecified atom stereocenters. The molecule has 0 spiro atoms. The van der Waals surface area contributed by atoms with Gasteiger partial charge in [-0.25, -0.2) is 18.5 Å². The highest BCUT2D eigenvalue weighted by atomic mass is 35.5. The van der Waals surface area contributed by atoms with Gasteiger partial charge in [0.05, 0.1) is 10.7 Å². The molecule has 27 heavy (non-hydrogen) atoms. The van der Waals surface area contributed by atoms with Crippen LogP contribution in [0.4, 0.5) is 0 Å². The zero-order valence-corrected chi connectivity index (χ0v) is 16.6. The Hall–Kier alpha value is -2.48. The fourth-order valence-corrected chi connectivity index (χ4v) is 3.62. The van der Waals surface area contributed by atoms with E-state index in [4.69, 9.17) is 21.5 Å². The highest BCUT2D eigenvalue weighted by molar-refractivity contribution is 7.89. The molecule has 2 N–H and O–H groups in total. The van der Waals surface area contributed by atoms with Gasteiger partial charge >= 0.3 is 0 Å². The largest absolute Gasteiger partial charge is 0.437 e. The molecule has 0 aliphatic heterocycles. The fourth-order valence-electron chi connectivity index (χ4n) is 2.85. The van der Waals surface area contributed by atoms with E-state index in [0.29, 0.717) is 22.0 Å². The summed E-state index contributed by atoms with van der Waals surface area (Å²) in [5.74, 6) is 0.449. The zero-order valence-electron chi connectivity index (χ0n) is 15.0. The Labute approximate surface area is 163 Å². The van der Waals surface area contributed by atoms with E-state index in [-0.39, 0.29) is 10.8 Å². The van der Waals surface area contributed by atoms with E-state index in [2.05, 4.69) is 9.97 Å². The Morgan fingerprint density at radius 2 is 1.70 bits per heavy atom. The second-order valence-corrected chi connectivity index (χ2v) is 8.23. The second-order valence-electron chi connectivity index (χ2n) is 6.27. The van der Waals surface area contributed by atoms with Gasteiger partial charge in [0.1, 0.15) is 10.6 Å². The molecule has 0 saturated carbocycles. The molecule has 0 atom stereocenters. The van der Waals surface area contributed by atoms with Crippen molar-refractivity contribution in [3.8, 4) is 22.9 Å². The van der Waals surface area contributed by atoms with Crippen molar-refractivity contribution in [1.82, 2.24) is 9.97 Å². The first-order valence-corrected chi connectivity index (χ1v) is 9.98. The Balaban J connectivity index is 2.16. The minimum atomic E-state index is -4.02. The van der Waals surface area contributed by atoms with Gasteiger partial charge in [-0.2, -0.15) is 0 Å². The summed E-state index contributed by atoms with van der Waals surface area (Å²) in [4.78, 5) is 8.20. The van der Waals surface area contributed by atoms with Crippen LogP contribution < -0.4 is 9.88 Å². The standard InChI is InChI=1S/C19H18ClN3O3S/c1-11-6-12(2)18(13(3)7-11)26-19-17(27(21,24)25)5-4-16(23-19)14-8-15(20)10-22-9-14/h4-10H,1-3H3,(H2,21,24,25). The quantitative estimate of drug-likeness (QED) is 0.705. The third-order valence-electron chi connectivity index (χ3n) is 3.94. The number of halogens is 1. The summed E-state index contributed by atoms with van der Waals surface area (Å²) in [7, 11) is -4.02. The van der Waals surface area contributed by atoms with Crippen LogP contribution in [0.15, 0.2) is 47.6 Å². The fraction of sp³-hybridized carbons (Fsp3) is 0.158. The molecule has 0 amide bonds. The third-order valence-corrected chi connectivity index (χ3v) is 5.07. The van der Waals surface area contributed by atoms with Crippen LogP contribution in [0.1, 0.15) is 16.7 Å². The number of nitrogens with zero attached hydrogens (tertiary/aromatic N) is 2. The molecule has 0 fully saturated rings. The maximum Gasteiger partial charge on any atom is 0.243 e. The van der Waals surface area contributed by atoms with Crippen molar-refractivity contribution < 1.29 is 13.2 Å². The van der Waals surface area contributed by atoms with Crippen LogP contribution in [0.5, 0.6) is 11.6 Å². The van der Waals surface area contributed by atoms with Crippen LogP contribution in [-0.2, 0) is 10.0 Å². The Morgan fingerprint density at radius 3 is 2.30 bits per heavy atom. The van der Waals surface area contributed by atoms with E-state index in [9.17, 15) is 8.42 Å². The van der Waals surface area contributed by atoms with Gasteiger partial charge in [0.2, 0.25) is 15.9 Å². The molecule has 1 aromatic carbocycles. The van der Waals surface area contributed by atoms with Crippen molar-refractivity contribution in [2.45, 2.75) is 25.7 Å². The maximum absolute atomic E-state index is 12.0. The second kappa shape index (κ2) is 7.26. The van der Waals surface area contributed by atoms with Gasteiger partial charge in [-0.05, 0) is 50.1 Å². The summed E-state index contributed by atoms with van der Waals surface area (Å²) in [5.41, 5.74) is 3.91. The Morgan fingerprint density at radius 1 is 1.04 bits per heavy atom. The summed E-state index contributed by atoms with van der Waals surface area (Å²) in [6.07, 6.45) is 3.08. The van der Waals surface area contributed by atoms with Crippen LogP contribution in [0.25, 0.3) is 11.3 Å². The topological polar surface area (TPSA) is 95.2 Å². The molecule has 3 rings (SSSR count). The molecule has 140 valence electrons. The normalized spacial score (nSPS) is 11.4. The molecule has 8 heteroatoms. The van der Waals surface area contributed by atoms with Gasteiger partial charge in [-0.15, -0.1) is 0 Å². The van der Waals surface area contributed by atoms with Crippen LogP contribution in [0, 0.1) is 20.8 Å². The minimum absolute atomic E-state index is 0.0926. The lowest BCUT2D eigenvalue weighted by molar-refractivity contribution is 0.441. The van der Waals surface area contributed by atoms with Gasteiger partial charge < -0.3 is 4.74 Å². The lowest BCUT2D eigenvalue weighted by Crippen LogP contribution is -2.14. The first-order valence-electron chi connectivity index (χ1n) is 8.05. The number of aryl methyl sites for hydroxylation is 3. The predicted molar refractivity (Wildman–Crippen MR) is 105 cm³/mol. The Bertz CT molecular complexity index is 1110. The van der Waals surface area contributed by atoms with Crippen molar-refractivity contribution in [3.05, 3.63) is 64.4 Å². The number of sulfonamides is 1. The molecular weight excluding hydrogens is 386 g/mol. The van der Waals surface area contributed by atoms with Crippen molar-refractivity contribution in [3.63, 3.8) is 0 Å². The first kappa shape index (κ1) is 19.3. The predicted octanol–water partition coefficient (Wildman–Crippen LogP) is 4.16. The summed E-state index contributed by atoms with van der Waals surface area (Å²) in [6.45, 7) is 5.75. The van der Waals surface area contributed by atoms with Crippen molar-refractivity contribution >= 4 is 21.6 Å². The lowest BCUT2D eigenvalue weighted by Gasteiger charge is -2.15. The SMILES string of the molecule is Cc1cc(C)c(Oc2nc(-c3cncc(Cl)c3)ccc2S(N)(=O)=O)c(C)c1. The van der Waals surface area contributed by atoms with Gasteiger partial charge in [0, 0.05) is 18.0 Å². The highest BCUT2D eigenvalue weighted by Crippen LogP contribution is 2.33. The summed E-state index contributed by atoms with van der Waals surface area (Å²) >= 11 is 5.99. The average molecular weight is 404 g/mol. The molecule has 2 heterocycles. The van der Waals surface area contributed by atoms with E-state index in [1.54, 1.807) is 12.3 Å². The van der Waals surface area contributed by atoms with Crippen molar-refractivity contribution in [2.24, 2.45) is 5.14 Å². The molecule has 0 aliphatic rings. The van der Waals surface area contributed by atoms with Crippen LogP contribution >= 0.6 is 11.6 Å². The highest BCUT2D eigenvalue weighted by Gasteiger charge is 2.20. The number of hydrogen-bond acceptors (Lipinski definition) is 5. The number of aromatic nitrogens is 2. The third kappa shape index (κ3) is 4.27. The van der Waals surface area contributed by atoms with E-state index in [1.807, 2.05) is 32.9 Å². The number of rotatable bonds is 4. The number of benzene rings is 1. The van der Waals surface area contributed by atoms with Gasteiger partial charge in [-0.1, -0.05) is 29.3 Å². The lowest BCUT2D eigenvalue weighted by atomic mass is 10.1. The van der Waals surface area contributed by atoms with E-state index >= 15 is 0 Å². The molecular formula is C19H18ClN3O3S. The number of pyridine rings is 2. The number of primary sulfonamides is 1. The molecule has 0 radical (unpaired) electrons. The van der Waals surface area contributed by atoms with Crippen LogP contribution in [0.3, 0.4) is 0 Å².